The molecule has 0 amide bonds. The summed E-state index contributed by atoms with van der Waals surface area (Å²) in [5, 5.41) is 9.82. The number of rotatable bonds is 10. The fraction of sp³-hybridized carbons (Fsp3) is 0.545. The lowest BCUT2D eigenvalue weighted by molar-refractivity contribution is -0.154. The van der Waals surface area contributed by atoms with E-state index in [4.69, 9.17) is 14.2 Å². The van der Waals surface area contributed by atoms with Gasteiger partial charge in [-0.05, 0) is 43.0 Å². The number of benzene rings is 1. The predicted octanol–water partition coefficient (Wildman–Crippen LogP) is 3.67. The standard InChI is InChI=1S/C22H30O6/c1-4-6-7-16(5-2)12-18-13-22(14-23,28-21(18)25)15-27-20(24)17-8-10-19(26-3)11-9-17/h8-12,16,23H,4-7,13-15H2,1-3H3/b18-12-. The third kappa shape index (κ3) is 5.58. The summed E-state index contributed by atoms with van der Waals surface area (Å²) >= 11 is 0. The monoisotopic (exact) mass is 390 g/mol. The van der Waals surface area contributed by atoms with Gasteiger partial charge in [0, 0.05) is 12.0 Å². The van der Waals surface area contributed by atoms with Gasteiger partial charge >= 0.3 is 11.9 Å². The number of carbonyl (C=O) groups is 2. The Morgan fingerprint density at radius 3 is 2.61 bits per heavy atom. The molecule has 1 aromatic carbocycles. The van der Waals surface area contributed by atoms with Gasteiger partial charge in [-0.3, -0.25) is 0 Å². The van der Waals surface area contributed by atoms with Crippen LogP contribution in [0.3, 0.4) is 0 Å². The van der Waals surface area contributed by atoms with E-state index in [1.807, 2.05) is 6.08 Å². The van der Waals surface area contributed by atoms with Crippen molar-refractivity contribution in [3.63, 3.8) is 0 Å². The van der Waals surface area contributed by atoms with Crippen molar-refractivity contribution in [2.75, 3.05) is 20.3 Å². The third-order valence-corrected chi connectivity index (χ3v) is 5.05. The van der Waals surface area contributed by atoms with E-state index in [2.05, 4.69) is 13.8 Å². The Hall–Kier alpha value is -2.34. The molecule has 0 aliphatic carbocycles. The molecule has 0 saturated carbocycles. The van der Waals surface area contributed by atoms with Gasteiger partial charge in [-0.15, -0.1) is 0 Å². The minimum absolute atomic E-state index is 0.191. The second-order valence-corrected chi connectivity index (χ2v) is 7.21. The van der Waals surface area contributed by atoms with E-state index in [-0.39, 0.29) is 13.0 Å². The van der Waals surface area contributed by atoms with Gasteiger partial charge in [0.2, 0.25) is 0 Å². The van der Waals surface area contributed by atoms with Crippen LogP contribution < -0.4 is 4.74 Å². The van der Waals surface area contributed by atoms with Gasteiger partial charge in [-0.2, -0.15) is 0 Å². The number of aliphatic hydroxyl groups is 1. The number of hydrogen-bond acceptors (Lipinski definition) is 6. The number of ether oxygens (including phenoxy) is 3. The number of aliphatic hydroxyl groups excluding tert-OH is 1. The van der Waals surface area contributed by atoms with Crippen molar-refractivity contribution in [3.05, 3.63) is 41.5 Å². The smallest absolute Gasteiger partial charge is 0.338 e. The highest BCUT2D eigenvalue weighted by atomic mass is 16.6. The lowest BCUT2D eigenvalue weighted by Gasteiger charge is -2.24. The summed E-state index contributed by atoms with van der Waals surface area (Å²) in [5.41, 5.74) is -0.300. The van der Waals surface area contributed by atoms with Crippen LogP contribution in [0.15, 0.2) is 35.9 Å². The van der Waals surface area contributed by atoms with Crippen molar-refractivity contribution in [1.29, 1.82) is 0 Å². The predicted molar refractivity (Wildman–Crippen MR) is 105 cm³/mol. The summed E-state index contributed by atoms with van der Waals surface area (Å²) in [7, 11) is 1.54. The fourth-order valence-electron chi connectivity index (χ4n) is 3.22. The molecule has 1 aromatic rings. The van der Waals surface area contributed by atoms with Crippen LogP contribution >= 0.6 is 0 Å². The molecular formula is C22H30O6. The van der Waals surface area contributed by atoms with Crippen LogP contribution in [0.2, 0.25) is 0 Å². The molecule has 0 aromatic heterocycles. The van der Waals surface area contributed by atoms with Gasteiger partial charge in [-0.1, -0.05) is 32.8 Å². The summed E-state index contributed by atoms with van der Waals surface area (Å²) < 4.78 is 15.8. The molecule has 1 aliphatic rings. The second kappa shape index (κ2) is 10.3. The van der Waals surface area contributed by atoms with Crippen LogP contribution in [0.25, 0.3) is 0 Å². The van der Waals surface area contributed by atoms with Gasteiger partial charge in [0.1, 0.15) is 12.4 Å². The minimum Gasteiger partial charge on any atom is -0.497 e. The molecule has 1 aliphatic heterocycles. The van der Waals surface area contributed by atoms with Gasteiger partial charge in [0.25, 0.3) is 0 Å². The lowest BCUT2D eigenvalue weighted by atomic mass is 9.93. The van der Waals surface area contributed by atoms with Crippen LogP contribution in [0, 0.1) is 5.92 Å². The van der Waals surface area contributed by atoms with Crippen molar-refractivity contribution in [2.45, 2.75) is 51.6 Å². The molecular weight excluding hydrogens is 360 g/mol. The van der Waals surface area contributed by atoms with Crippen LogP contribution in [0.4, 0.5) is 0 Å². The molecule has 1 saturated heterocycles. The molecule has 6 heteroatoms. The molecule has 0 bridgehead atoms. The highest BCUT2D eigenvalue weighted by Gasteiger charge is 2.44. The quantitative estimate of drug-likeness (QED) is 0.485. The second-order valence-electron chi connectivity index (χ2n) is 7.21. The lowest BCUT2D eigenvalue weighted by Crippen LogP contribution is -2.39. The van der Waals surface area contributed by atoms with Crippen molar-refractivity contribution < 1.29 is 28.9 Å². The average molecular weight is 390 g/mol. The maximum Gasteiger partial charge on any atom is 0.338 e. The Balaban J connectivity index is 2.02. The number of cyclic esters (lactones) is 1. The zero-order valence-corrected chi connectivity index (χ0v) is 16.9. The van der Waals surface area contributed by atoms with E-state index in [1.54, 1.807) is 31.4 Å². The molecule has 154 valence electrons. The fourth-order valence-corrected chi connectivity index (χ4v) is 3.22. The SMILES string of the molecule is CCCCC(/C=C1/CC(CO)(COC(=O)c2ccc(OC)cc2)OC1=O)CC. The van der Waals surface area contributed by atoms with E-state index in [1.165, 1.54) is 0 Å². The number of methoxy groups -OCH3 is 1. The maximum absolute atomic E-state index is 12.3. The molecule has 0 radical (unpaired) electrons. The molecule has 6 nitrogen and oxygen atoms in total. The number of allylic oxidation sites excluding steroid dienone is 1. The number of carbonyl (C=O) groups excluding carboxylic acids is 2. The summed E-state index contributed by atoms with van der Waals surface area (Å²) in [6, 6.07) is 6.52. The van der Waals surface area contributed by atoms with Gasteiger partial charge in [0.15, 0.2) is 5.60 Å². The molecule has 2 rings (SSSR count). The Labute approximate surface area is 166 Å². The van der Waals surface area contributed by atoms with E-state index in [0.717, 1.165) is 25.7 Å². The first-order valence-electron chi connectivity index (χ1n) is 9.83. The Bertz CT molecular complexity index is 693. The first kappa shape index (κ1) is 22.0. The highest BCUT2D eigenvalue weighted by Crippen LogP contribution is 2.33. The van der Waals surface area contributed by atoms with Crippen LogP contribution in [-0.4, -0.2) is 43.0 Å². The van der Waals surface area contributed by atoms with Crippen LogP contribution in [0.5, 0.6) is 5.75 Å². The molecule has 1 fully saturated rings. The molecule has 2 atom stereocenters. The zero-order chi connectivity index (χ0) is 20.6. The summed E-state index contributed by atoms with van der Waals surface area (Å²) in [4.78, 5) is 24.6. The van der Waals surface area contributed by atoms with Gasteiger partial charge in [0.05, 0.1) is 19.3 Å². The zero-order valence-electron chi connectivity index (χ0n) is 16.9. The summed E-state index contributed by atoms with van der Waals surface area (Å²) in [5.74, 6) is -0.0434. The Kier molecular flexibility index (Phi) is 8.05. The molecule has 1 heterocycles. The number of esters is 2. The normalized spacial score (nSPS) is 21.4. The molecule has 1 N–H and O–H groups in total. The minimum atomic E-state index is -1.21. The van der Waals surface area contributed by atoms with Crippen molar-refractivity contribution in [1.82, 2.24) is 0 Å². The Morgan fingerprint density at radius 1 is 1.32 bits per heavy atom. The van der Waals surface area contributed by atoms with E-state index in [0.29, 0.717) is 22.8 Å². The summed E-state index contributed by atoms with van der Waals surface area (Å²) in [6.45, 7) is 3.63. The first-order chi connectivity index (χ1) is 13.5. The Morgan fingerprint density at radius 2 is 2.04 bits per heavy atom. The van der Waals surface area contributed by atoms with Crippen molar-refractivity contribution in [3.8, 4) is 5.75 Å². The van der Waals surface area contributed by atoms with Gasteiger partial charge in [-0.25, -0.2) is 9.59 Å². The number of unbranched alkanes of at least 4 members (excludes halogenated alkanes) is 1. The van der Waals surface area contributed by atoms with Crippen molar-refractivity contribution in [2.24, 2.45) is 5.92 Å². The van der Waals surface area contributed by atoms with Crippen molar-refractivity contribution >= 4 is 11.9 Å². The van der Waals surface area contributed by atoms with E-state index in [9.17, 15) is 14.7 Å². The topological polar surface area (TPSA) is 82.1 Å². The maximum atomic E-state index is 12.3. The van der Waals surface area contributed by atoms with Crippen LogP contribution in [0.1, 0.15) is 56.3 Å². The molecule has 0 spiro atoms. The first-order valence-corrected chi connectivity index (χ1v) is 9.83. The average Bonchev–Trinajstić information content (AvgIpc) is 3.05. The third-order valence-electron chi connectivity index (χ3n) is 5.05. The molecule has 2 unspecified atom stereocenters. The highest BCUT2D eigenvalue weighted by molar-refractivity contribution is 5.92. The number of hydrogen-bond donors (Lipinski definition) is 1. The van der Waals surface area contributed by atoms with E-state index < -0.39 is 24.1 Å². The van der Waals surface area contributed by atoms with Gasteiger partial charge < -0.3 is 19.3 Å². The molecule has 28 heavy (non-hydrogen) atoms. The van der Waals surface area contributed by atoms with Crippen LogP contribution in [-0.2, 0) is 14.3 Å². The summed E-state index contributed by atoms with van der Waals surface area (Å²) in [6.07, 6.45) is 6.35. The largest absolute Gasteiger partial charge is 0.497 e. The van der Waals surface area contributed by atoms with E-state index >= 15 is 0 Å².